The van der Waals surface area contributed by atoms with E-state index < -0.39 is 5.97 Å². The number of carbonyl (C=O) groups excluding carboxylic acids is 1. The third-order valence-corrected chi connectivity index (χ3v) is 3.17. The Bertz CT molecular complexity index is 560. The van der Waals surface area contributed by atoms with E-state index in [9.17, 15) is 14.7 Å². The van der Waals surface area contributed by atoms with Crippen molar-refractivity contribution in [1.29, 1.82) is 0 Å². The Morgan fingerprint density at radius 3 is 2.82 bits per heavy atom. The first-order valence-corrected chi connectivity index (χ1v) is 5.25. The number of carbonyl (C=O) groups is 2. The van der Waals surface area contributed by atoms with Crippen molar-refractivity contribution in [2.75, 3.05) is 0 Å². The molecule has 7 heteroatoms. The predicted octanol–water partition coefficient (Wildman–Crippen LogP) is -0.156. The van der Waals surface area contributed by atoms with Gasteiger partial charge in [-0.15, -0.1) is 5.10 Å². The van der Waals surface area contributed by atoms with Gasteiger partial charge in [0.2, 0.25) is 5.91 Å². The summed E-state index contributed by atoms with van der Waals surface area (Å²) in [7, 11) is 0. The summed E-state index contributed by atoms with van der Waals surface area (Å²) in [5.41, 5.74) is 1.34. The number of carboxylic acid groups (broad SMARTS) is 1. The number of rotatable bonds is 2. The fourth-order valence-electron chi connectivity index (χ4n) is 2.38. The van der Waals surface area contributed by atoms with E-state index in [-0.39, 0.29) is 17.6 Å². The summed E-state index contributed by atoms with van der Waals surface area (Å²) in [6.07, 6.45) is 2.50. The number of amides is 1. The number of aryl methyl sites for hydroxylation is 1. The lowest BCUT2D eigenvalue weighted by molar-refractivity contribution is -0.147. The molecule has 1 aromatic rings. The van der Waals surface area contributed by atoms with E-state index in [0.717, 1.165) is 5.69 Å². The number of nitrogens with zero attached hydrogens (tertiary/aromatic N) is 4. The maximum atomic E-state index is 11.4. The van der Waals surface area contributed by atoms with Gasteiger partial charge in [0, 0.05) is 12.8 Å². The molecule has 0 saturated carbocycles. The van der Waals surface area contributed by atoms with Crippen molar-refractivity contribution in [2.24, 2.45) is 0 Å². The molecule has 1 aromatic heterocycles. The first-order valence-electron chi connectivity index (χ1n) is 5.25. The van der Waals surface area contributed by atoms with E-state index in [4.69, 9.17) is 0 Å². The van der Waals surface area contributed by atoms with E-state index in [2.05, 4.69) is 10.3 Å². The summed E-state index contributed by atoms with van der Waals surface area (Å²) >= 11 is 0. The molecule has 17 heavy (non-hydrogen) atoms. The van der Waals surface area contributed by atoms with Crippen molar-refractivity contribution < 1.29 is 14.7 Å². The highest BCUT2D eigenvalue weighted by Gasteiger charge is 2.48. The lowest BCUT2D eigenvalue weighted by atomic mass is 10.0. The van der Waals surface area contributed by atoms with Crippen molar-refractivity contribution in [3.8, 4) is 0 Å². The van der Waals surface area contributed by atoms with Crippen molar-refractivity contribution in [3.63, 3.8) is 0 Å². The van der Waals surface area contributed by atoms with Crippen LogP contribution in [0.5, 0.6) is 0 Å². The summed E-state index contributed by atoms with van der Waals surface area (Å²) in [5, 5.41) is 16.8. The van der Waals surface area contributed by atoms with Crippen LogP contribution in [-0.4, -0.2) is 42.9 Å². The highest BCUT2D eigenvalue weighted by Crippen LogP contribution is 2.40. The average molecular weight is 234 g/mol. The van der Waals surface area contributed by atoms with Crippen molar-refractivity contribution in [1.82, 2.24) is 19.9 Å². The Morgan fingerprint density at radius 2 is 2.29 bits per heavy atom. The van der Waals surface area contributed by atoms with Gasteiger partial charge in [-0.05, 0) is 6.92 Å². The molecule has 0 bridgehead atoms. The zero-order chi connectivity index (χ0) is 12.2. The zero-order valence-corrected chi connectivity index (χ0v) is 9.12. The fraction of sp³-hybridized carbons (Fsp3) is 0.400. The van der Waals surface area contributed by atoms with Crippen molar-refractivity contribution in [3.05, 3.63) is 17.6 Å². The number of hydrogen-bond donors (Lipinski definition) is 1. The van der Waals surface area contributed by atoms with Gasteiger partial charge in [-0.2, -0.15) is 0 Å². The quantitative estimate of drug-likeness (QED) is 0.718. The summed E-state index contributed by atoms with van der Waals surface area (Å²) in [6, 6.07) is -0.0211. The average Bonchev–Trinajstić information content (AvgIpc) is 2.78. The van der Waals surface area contributed by atoms with Gasteiger partial charge in [-0.1, -0.05) is 5.21 Å². The molecule has 3 rings (SSSR count). The Kier molecular flexibility index (Phi) is 1.86. The van der Waals surface area contributed by atoms with Crippen LogP contribution in [0.1, 0.15) is 18.5 Å². The van der Waals surface area contributed by atoms with Gasteiger partial charge in [-0.3, -0.25) is 4.79 Å². The Hall–Kier alpha value is -2.18. The number of carboxylic acids is 1. The predicted molar refractivity (Wildman–Crippen MR) is 55.5 cm³/mol. The van der Waals surface area contributed by atoms with Gasteiger partial charge in [0.05, 0.1) is 23.6 Å². The van der Waals surface area contributed by atoms with Crippen LogP contribution in [0.25, 0.3) is 5.70 Å². The number of fused-ring (bicyclic) bond motifs is 1. The first-order chi connectivity index (χ1) is 8.09. The van der Waals surface area contributed by atoms with Crippen LogP contribution in [0.3, 0.4) is 0 Å². The number of aliphatic carboxylic acids is 1. The smallest absolute Gasteiger partial charge is 0.354 e. The van der Waals surface area contributed by atoms with Crippen LogP contribution in [0.15, 0.2) is 11.9 Å². The normalized spacial score (nSPS) is 22.8. The third-order valence-electron chi connectivity index (χ3n) is 3.17. The van der Waals surface area contributed by atoms with Gasteiger partial charge < -0.3 is 10.0 Å². The van der Waals surface area contributed by atoms with E-state index in [1.807, 2.05) is 0 Å². The minimum Gasteiger partial charge on any atom is -0.477 e. The minimum absolute atomic E-state index is 0.0211. The summed E-state index contributed by atoms with van der Waals surface area (Å²) in [5.74, 6) is -1.23. The Balaban J connectivity index is 2.13. The molecule has 0 radical (unpaired) electrons. The second-order valence-corrected chi connectivity index (χ2v) is 4.21. The largest absolute Gasteiger partial charge is 0.477 e. The Labute approximate surface area is 96.3 Å². The van der Waals surface area contributed by atoms with Crippen LogP contribution in [-0.2, 0) is 9.59 Å². The van der Waals surface area contributed by atoms with Gasteiger partial charge in [0.25, 0.3) is 0 Å². The number of β-lactam (4-membered cyclic amide) rings is 1. The topological polar surface area (TPSA) is 88.3 Å². The maximum Gasteiger partial charge on any atom is 0.354 e. The van der Waals surface area contributed by atoms with Crippen LogP contribution in [0, 0.1) is 6.92 Å². The molecule has 1 fully saturated rings. The second-order valence-electron chi connectivity index (χ2n) is 4.21. The molecular formula is C10H10N4O3. The maximum absolute atomic E-state index is 11.4. The highest BCUT2D eigenvalue weighted by atomic mass is 16.4. The lowest BCUT2D eigenvalue weighted by Crippen LogP contribution is -2.49. The molecule has 1 N–H and O–H groups in total. The first kappa shape index (κ1) is 10.0. The molecule has 2 aliphatic heterocycles. The molecular weight excluding hydrogens is 224 g/mol. The molecule has 3 heterocycles. The van der Waals surface area contributed by atoms with Gasteiger partial charge >= 0.3 is 5.97 Å². The van der Waals surface area contributed by atoms with Gasteiger partial charge in [-0.25, -0.2) is 9.48 Å². The van der Waals surface area contributed by atoms with Crippen molar-refractivity contribution >= 4 is 17.6 Å². The van der Waals surface area contributed by atoms with Crippen molar-refractivity contribution in [2.45, 2.75) is 25.8 Å². The van der Waals surface area contributed by atoms with E-state index in [1.165, 1.54) is 9.58 Å². The molecule has 0 aromatic carbocycles. The van der Waals surface area contributed by atoms with Crippen LogP contribution in [0.4, 0.5) is 0 Å². The summed E-state index contributed by atoms with van der Waals surface area (Å²) < 4.78 is 1.50. The summed E-state index contributed by atoms with van der Waals surface area (Å²) in [4.78, 5) is 24.0. The van der Waals surface area contributed by atoms with E-state index >= 15 is 0 Å². The zero-order valence-electron chi connectivity index (χ0n) is 9.12. The number of aromatic nitrogens is 3. The fourth-order valence-corrected chi connectivity index (χ4v) is 2.38. The molecule has 0 unspecified atom stereocenters. The molecule has 0 aliphatic carbocycles. The van der Waals surface area contributed by atoms with Crippen LogP contribution >= 0.6 is 0 Å². The highest BCUT2D eigenvalue weighted by molar-refractivity contribution is 6.02. The van der Waals surface area contributed by atoms with E-state index in [0.29, 0.717) is 18.5 Å². The molecule has 88 valence electrons. The van der Waals surface area contributed by atoms with E-state index in [1.54, 1.807) is 13.1 Å². The minimum atomic E-state index is -1.09. The van der Waals surface area contributed by atoms with Gasteiger partial charge in [0.15, 0.2) is 5.70 Å². The van der Waals surface area contributed by atoms with Gasteiger partial charge in [0.1, 0.15) is 0 Å². The monoisotopic (exact) mass is 234 g/mol. The Morgan fingerprint density at radius 1 is 1.53 bits per heavy atom. The SMILES string of the molecule is Cc1cnnn1C1=C(C(=O)O)N2C(=O)C[C@H]2C1. The molecule has 1 atom stereocenters. The van der Waals surface area contributed by atoms with Crippen LogP contribution < -0.4 is 0 Å². The second kappa shape index (κ2) is 3.16. The molecule has 7 nitrogen and oxygen atoms in total. The molecule has 0 spiro atoms. The standard InChI is InChI=1S/C10H10N4O3/c1-5-4-11-12-14(5)7-2-6-3-8(15)13(6)9(7)10(16)17/h4,6H,2-3H2,1H3,(H,16,17)/t6-/m1/s1. The lowest BCUT2D eigenvalue weighted by Gasteiger charge is -2.34. The summed E-state index contributed by atoms with van der Waals surface area (Å²) in [6.45, 7) is 1.80. The third kappa shape index (κ3) is 1.22. The number of hydrogen-bond acceptors (Lipinski definition) is 4. The molecule has 1 saturated heterocycles. The van der Waals surface area contributed by atoms with Crippen LogP contribution in [0.2, 0.25) is 0 Å². The molecule has 1 amide bonds. The molecule has 2 aliphatic rings.